The van der Waals surface area contributed by atoms with E-state index in [-0.39, 0.29) is 23.5 Å². The van der Waals surface area contributed by atoms with Crippen LogP contribution < -0.4 is 16.6 Å². The van der Waals surface area contributed by atoms with Gasteiger partial charge in [-0.15, -0.1) is 0 Å². The van der Waals surface area contributed by atoms with Crippen LogP contribution in [-0.4, -0.2) is 72.7 Å². The molecule has 0 aliphatic carbocycles. The highest BCUT2D eigenvalue weighted by atomic mass is 31.3. The number of amides is 1. The van der Waals surface area contributed by atoms with Gasteiger partial charge in [-0.1, -0.05) is 0 Å². The lowest BCUT2D eigenvalue weighted by Crippen LogP contribution is -2.34. The number of imidazole rings is 1. The van der Waals surface area contributed by atoms with Gasteiger partial charge in [-0.05, 0) is 0 Å². The monoisotopic (exact) mass is 526 g/mol. The summed E-state index contributed by atoms with van der Waals surface area (Å²) in [6.45, 7) is -0.699. The molecular weight excluding hydrogens is 502 g/mol. The van der Waals surface area contributed by atoms with E-state index >= 15 is 0 Å². The van der Waals surface area contributed by atoms with Crippen molar-refractivity contribution in [3.8, 4) is 0 Å². The highest BCUT2D eigenvalue weighted by Crippen LogP contribution is 2.58. The first-order chi connectivity index (χ1) is 15.8. The third-order valence-electron chi connectivity index (χ3n) is 5.19. The molecule has 34 heavy (non-hydrogen) atoms. The average molecular weight is 526 g/mol. The molecule has 0 saturated carbocycles. The van der Waals surface area contributed by atoms with E-state index in [1.807, 2.05) is 0 Å². The van der Waals surface area contributed by atoms with Crippen LogP contribution >= 0.6 is 15.6 Å². The highest BCUT2D eigenvalue weighted by Gasteiger charge is 2.48. The summed E-state index contributed by atoms with van der Waals surface area (Å²) in [6, 6.07) is 0. The Morgan fingerprint density at radius 1 is 1.35 bits per heavy atom. The van der Waals surface area contributed by atoms with E-state index in [4.69, 9.17) is 29.5 Å². The van der Waals surface area contributed by atoms with E-state index in [1.54, 1.807) is 0 Å². The Labute approximate surface area is 191 Å². The van der Waals surface area contributed by atoms with Gasteiger partial charge in [0.1, 0.15) is 6.10 Å². The maximum atomic E-state index is 12.5. The molecule has 0 spiro atoms. The minimum Gasteiger partial charge on any atom is -0.376 e. The Kier molecular flexibility index (Phi) is 7.62. The van der Waals surface area contributed by atoms with Gasteiger partial charge in [0.25, 0.3) is 5.56 Å². The summed E-state index contributed by atoms with van der Waals surface area (Å²) in [5.74, 6) is -1.28. The average Bonchev–Trinajstić information content (AvgIpc) is 3.29. The molecule has 0 bridgehead atoms. The summed E-state index contributed by atoms with van der Waals surface area (Å²) < 4.78 is 45.2. The minimum absolute atomic E-state index is 0.00684. The molecule has 0 radical (unpaired) electrons. The van der Waals surface area contributed by atoms with Crippen molar-refractivity contribution in [2.24, 2.45) is 13.0 Å². The zero-order valence-electron chi connectivity index (χ0n) is 18.2. The molecule has 2 aromatic rings. The van der Waals surface area contributed by atoms with Gasteiger partial charge in [0, 0.05) is 33.5 Å². The van der Waals surface area contributed by atoms with Gasteiger partial charge < -0.3 is 35.2 Å². The number of nitrogens with zero attached hydrogens (tertiary/aromatic N) is 4. The number of methoxy groups -OCH3 is 1. The maximum absolute atomic E-state index is 12.5. The molecule has 1 saturated heterocycles. The van der Waals surface area contributed by atoms with Crippen molar-refractivity contribution >= 4 is 38.7 Å². The second-order valence-electron chi connectivity index (χ2n) is 7.30. The van der Waals surface area contributed by atoms with Crippen LogP contribution in [0.5, 0.6) is 0 Å². The molecule has 1 amide bonds. The summed E-state index contributed by atoms with van der Waals surface area (Å²) in [6.07, 6.45) is -1.88. The van der Waals surface area contributed by atoms with Crippen LogP contribution in [0.15, 0.2) is 11.1 Å². The predicted molar refractivity (Wildman–Crippen MR) is 113 cm³/mol. The number of nitrogens with one attached hydrogen (secondary N) is 1. The topological polar surface area (TPSA) is 240 Å². The van der Waals surface area contributed by atoms with Crippen LogP contribution in [-0.2, 0) is 39.3 Å². The van der Waals surface area contributed by atoms with Crippen molar-refractivity contribution in [1.29, 1.82) is 0 Å². The van der Waals surface area contributed by atoms with E-state index in [0.29, 0.717) is 0 Å². The number of nitrogen functional groups attached to an aromatic ring is 1. The fourth-order valence-corrected chi connectivity index (χ4v) is 5.20. The molecule has 1 aliphatic heterocycles. The normalized spacial score (nSPS) is 24.9. The van der Waals surface area contributed by atoms with Crippen molar-refractivity contribution in [1.82, 2.24) is 24.4 Å². The molecule has 1 aliphatic rings. The zero-order valence-corrected chi connectivity index (χ0v) is 20.0. The Bertz CT molecular complexity index is 1230. The number of rotatable bonds is 9. The SMILES string of the molecule is CNC(=O)C[C@H]1[C@@H](OC)[C@H](n2cnc3c(=O)n(C)c(N)nc32)O[C@@H]1COP(=O)(O)OP(=O)(O)O. The van der Waals surface area contributed by atoms with Crippen molar-refractivity contribution in [2.75, 3.05) is 26.5 Å². The molecule has 1 unspecified atom stereocenters. The molecule has 2 aromatic heterocycles. The number of ether oxygens (including phenoxy) is 2. The third-order valence-corrected chi connectivity index (χ3v) is 7.34. The van der Waals surface area contributed by atoms with Gasteiger partial charge in [-0.3, -0.25) is 23.2 Å². The summed E-state index contributed by atoms with van der Waals surface area (Å²) in [5.41, 5.74) is 5.35. The third kappa shape index (κ3) is 5.54. The number of phosphoric ester groups is 1. The van der Waals surface area contributed by atoms with Crippen molar-refractivity contribution in [3.05, 3.63) is 16.7 Å². The number of hydrogen-bond acceptors (Lipinski definition) is 11. The largest absolute Gasteiger partial charge is 0.481 e. The molecule has 6 N–H and O–H groups in total. The lowest BCUT2D eigenvalue weighted by Gasteiger charge is -2.23. The lowest BCUT2D eigenvalue weighted by molar-refractivity contribution is -0.122. The molecule has 0 aromatic carbocycles. The van der Waals surface area contributed by atoms with E-state index in [1.165, 1.54) is 32.1 Å². The lowest BCUT2D eigenvalue weighted by atomic mass is 9.94. The first-order valence-corrected chi connectivity index (χ1v) is 12.6. The summed E-state index contributed by atoms with van der Waals surface area (Å²) in [4.78, 5) is 59.9. The fraction of sp³-hybridized carbons (Fsp3) is 0.600. The molecule has 190 valence electrons. The number of aromatic nitrogens is 4. The van der Waals surface area contributed by atoms with E-state index in [2.05, 4.69) is 19.6 Å². The van der Waals surface area contributed by atoms with Gasteiger partial charge in [-0.2, -0.15) is 9.29 Å². The number of hydrogen-bond donors (Lipinski definition) is 5. The quantitative estimate of drug-likeness (QED) is 0.236. The highest BCUT2D eigenvalue weighted by molar-refractivity contribution is 7.60. The maximum Gasteiger partial charge on any atom is 0.481 e. The molecule has 3 rings (SSSR count). The summed E-state index contributed by atoms with van der Waals surface area (Å²) >= 11 is 0. The number of anilines is 1. The predicted octanol–water partition coefficient (Wildman–Crippen LogP) is -1.40. The Morgan fingerprint density at radius 2 is 2.03 bits per heavy atom. The minimum atomic E-state index is -5.33. The number of carbonyl (C=O) groups is 1. The molecular formula is C15H24N6O11P2. The van der Waals surface area contributed by atoms with Crippen LogP contribution in [0.1, 0.15) is 12.6 Å². The van der Waals surface area contributed by atoms with Crippen molar-refractivity contribution in [2.45, 2.75) is 24.9 Å². The summed E-state index contributed by atoms with van der Waals surface area (Å²) in [7, 11) is -6.34. The number of phosphoric acid groups is 2. The molecule has 1 fully saturated rings. The first-order valence-electron chi connectivity index (χ1n) is 9.60. The van der Waals surface area contributed by atoms with Crippen LogP contribution in [0, 0.1) is 5.92 Å². The second kappa shape index (κ2) is 9.81. The molecule has 5 atom stereocenters. The van der Waals surface area contributed by atoms with Gasteiger partial charge in [0.15, 0.2) is 17.4 Å². The standard InChI is InChI=1S/C15H24N6O11P2/c1-17-9(22)4-7-8(5-30-34(27,28)32-33(24,25)26)31-14(11(7)29-3)21-6-18-10-12(21)19-15(16)20(2)13(10)23/h6-8,11,14H,4-5H2,1-3H3,(H2,16,19)(H,17,22)(H,27,28)(H2,24,25,26)/t7-,8-,11-,14-/m1/s1. The summed E-state index contributed by atoms with van der Waals surface area (Å²) in [5, 5.41) is 2.45. The Hall–Kier alpha value is -2.20. The van der Waals surface area contributed by atoms with Gasteiger partial charge in [0.05, 0.1) is 19.0 Å². The van der Waals surface area contributed by atoms with Gasteiger partial charge >= 0.3 is 15.6 Å². The van der Waals surface area contributed by atoms with E-state index in [0.717, 1.165) is 4.57 Å². The first kappa shape index (κ1) is 26.4. The van der Waals surface area contributed by atoms with Gasteiger partial charge in [-0.25, -0.2) is 14.1 Å². The van der Waals surface area contributed by atoms with Crippen LogP contribution in [0.3, 0.4) is 0 Å². The Balaban J connectivity index is 1.96. The smallest absolute Gasteiger partial charge is 0.376 e. The zero-order chi connectivity index (χ0) is 25.4. The van der Waals surface area contributed by atoms with Crippen molar-refractivity contribution < 1.29 is 46.9 Å². The second-order valence-corrected chi connectivity index (χ2v) is 10.1. The van der Waals surface area contributed by atoms with Crippen LogP contribution in [0.2, 0.25) is 0 Å². The number of fused-ring (bicyclic) bond motifs is 1. The van der Waals surface area contributed by atoms with E-state index in [9.17, 15) is 23.6 Å². The van der Waals surface area contributed by atoms with Gasteiger partial charge in [0.2, 0.25) is 11.9 Å². The molecule has 19 heteroatoms. The molecule has 3 heterocycles. The van der Waals surface area contributed by atoms with Crippen LogP contribution in [0.25, 0.3) is 11.2 Å². The fourth-order valence-electron chi connectivity index (χ4n) is 3.60. The van der Waals surface area contributed by atoms with E-state index < -0.39 is 58.1 Å². The molecule has 17 nitrogen and oxygen atoms in total. The number of carbonyl (C=O) groups excluding carboxylic acids is 1. The van der Waals surface area contributed by atoms with Crippen molar-refractivity contribution in [3.63, 3.8) is 0 Å². The number of nitrogens with two attached hydrogens (primary N) is 1. The Morgan fingerprint density at radius 3 is 2.62 bits per heavy atom. The van der Waals surface area contributed by atoms with Crippen LogP contribution in [0.4, 0.5) is 5.95 Å².